The number of hydrogen-bond acceptors (Lipinski definition) is 3. The monoisotopic (exact) mass is 410 g/mol. The van der Waals surface area contributed by atoms with E-state index in [-0.39, 0.29) is 36.2 Å². The van der Waals surface area contributed by atoms with Crippen molar-refractivity contribution in [3.8, 4) is 11.1 Å². The molecule has 158 valence electrons. The number of likely N-dealkylation sites (tertiary alicyclic amines) is 2. The Morgan fingerprint density at radius 1 is 0.967 bits per heavy atom. The Labute approximate surface area is 176 Å². The molecular weight excluding hydrogens is 383 g/mol. The van der Waals surface area contributed by atoms with Crippen LogP contribution in [0.5, 0.6) is 0 Å². The van der Waals surface area contributed by atoms with Crippen molar-refractivity contribution in [1.29, 1.82) is 0 Å². The van der Waals surface area contributed by atoms with Crippen molar-refractivity contribution in [2.75, 3.05) is 19.7 Å². The zero-order valence-electron chi connectivity index (χ0n) is 17.3. The van der Waals surface area contributed by atoms with Crippen molar-refractivity contribution < 1.29 is 19.1 Å². The molecule has 1 N–H and O–H groups in total. The number of halogens is 1. The normalized spacial score (nSPS) is 21.9. The molecular formula is C24H27FN2O3. The summed E-state index contributed by atoms with van der Waals surface area (Å²) in [6.45, 7) is 4.56. The third-order valence-corrected chi connectivity index (χ3v) is 6.57. The topological polar surface area (TPSA) is 60.9 Å². The molecule has 0 saturated carbocycles. The summed E-state index contributed by atoms with van der Waals surface area (Å²) >= 11 is 0. The molecule has 0 aromatic heterocycles. The second-order valence-corrected chi connectivity index (χ2v) is 8.18. The van der Waals surface area contributed by atoms with Gasteiger partial charge in [0, 0.05) is 31.8 Å². The maximum Gasteiger partial charge on any atom is 0.223 e. The van der Waals surface area contributed by atoms with Gasteiger partial charge in [0.25, 0.3) is 0 Å². The van der Waals surface area contributed by atoms with Crippen LogP contribution in [0.15, 0.2) is 48.5 Å². The lowest BCUT2D eigenvalue weighted by atomic mass is 9.60. The highest BCUT2D eigenvalue weighted by atomic mass is 19.1. The van der Waals surface area contributed by atoms with Gasteiger partial charge in [0.1, 0.15) is 5.82 Å². The van der Waals surface area contributed by atoms with Crippen LogP contribution in [0.3, 0.4) is 0 Å². The molecule has 2 aliphatic heterocycles. The van der Waals surface area contributed by atoms with Gasteiger partial charge >= 0.3 is 0 Å². The second-order valence-electron chi connectivity index (χ2n) is 8.18. The van der Waals surface area contributed by atoms with E-state index >= 15 is 0 Å². The molecule has 30 heavy (non-hydrogen) atoms. The molecule has 2 amide bonds. The Hall–Kier alpha value is -2.73. The number of rotatable bonds is 5. The Balaban J connectivity index is 1.63. The highest BCUT2D eigenvalue weighted by Gasteiger charge is 2.67. The van der Waals surface area contributed by atoms with Gasteiger partial charge in [-0.2, -0.15) is 0 Å². The summed E-state index contributed by atoms with van der Waals surface area (Å²) in [5.74, 6) is -0.199. The van der Waals surface area contributed by atoms with Crippen LogP contribution < -0.4 is 0 Å². The third-order valence-electron chi connectivity index (χ3n) is 6.57. The number of benzene rings is 2. The Bertz CT molecular complexity index is 936. The average Bonchev–Trinajstić information content (AvgIpc) is 2.73. The van der Waals surface area contributed by atoms with Gasteiger partial charge in [0.15, 0.2) is 0 Å². The van der Waals surface area contributed by atoms with Crippen molar-refractivity contribution in [2.24, 2.45) is 0 Å². The van der Waals surface area contributed by atoms with Gasteiger partial charge in [0.2, 0.25) is 11.8 Å². The molecule has 2 heterocycles. The van der Waals surface area contributed by atoms with Crippen LogP contribution in [-0.4, -0.2) is 58.0 Å². The quantitative estimate of drug-likeness (QED) is 0.824. The van der Waals surface area contributed by atoms with Crippen LogP contribution >= 0.6 is 0 Å². The van der Waals surface area contributed by atoms with Gasteiger partial charge in [-0.3, -0.25) is 9.59 Å². The van der Waals surface area contributed by atoms with Crippen LogP contribution in [-0.2, 0) is 9.59 Å². The van der Waals surface area contributed by atoms with E-state index in [0.717, 1.165) is 16.7 Å². The lowest BCUT2D eigenvalue weighted by Crippen LogP contribution is -2.85. The molecule has 5 nitrogen and oxygen atoms in total. The molecule has 1 spiro atoms. The van der Waals surface area contributed by atoms with Crippen molar-refractivity contribution >= 4 is 11.8 Å². The van der Waals surface area contributed by atoms with E-state index in [1.807, 2.05) is 43.0 Å². The van der Waals surface area contributed by atoms with Crippen LogP contribution in [0.2, 0.25) is 0 Å². The molecule has 4 rings (SSSR count). The Kier molecular flexibility index (Phi) is 5.36. The SMILES string of the molecule is CCC(=O)N1CC2(C1)[C@@H](c1ccc(-c3ccc(F)cc3)cc1)[C@H](CO)N2C(=O)CC. The van der Waals surface area contributed by atoms with E-state index in [1.54, 1.807) is 17.0 Å². The minimum atomic E-state index is -0.442. The fraction of sp³-hybridized carbons (Fsp3) is 0.417. The molecule has 2 aromatic carbocycles. The summed E-state index contributed by atoms with van der Waals surface area (Å²) in [4.78, 5) is 28.4. The first-order valence-electron chi connectivity index (χ1n) is 10.5. The zero-order chi connectivity index (χ0) is 21.5. The number of nitrogens with zero attached hydrogens (tertiary/aromatic N) is 2. The minimum Gasteiger partial charge on any atom is -0.394 e. The lowest BCUT2D eigenvalue weighted by Gasteiger charge is -2.70. The summed E-state index contributed by atoms with van der Waals surface area (Å²) in [7, 11) is 0. The highest BCUT2D eigenvalue weighted by molar-refractivity contribution is 5.82. The zero-order valence-corrected chi connectivity index (χ0v) is 17.3. The molecule has 2 atom stereocenters. The van der Waals surface area contributed by atoms with E-state index < -0.39 is 5.54 Å². The third kappa shape index (κ3) is 3.10. The average molecular weight is 410 g/mol. The van der Waals surface area contributed by atoms with Crippen LogP contribution in [0.4, 0.5) is 4.39 Å². The molecule has 2 saturated heterocycles. The molecule has 0 aliphatic carbocycles. The summed E-state index contributed by atoms with van der Waals surface area (Å²) < 4.78 is 13.2. The summed E-state index contributed by atoms with van der Waals surface area (Å²) in [5, 5.41) is 10.1. The smallest absolute Gasteiger partial charge is 0.223 e. The molecule has 0 bridgehead atoms. The number of carbonyl (C=O) groups is 2. The highest BCUT2D eigenvalue weighted by Crippen LogP contribution is 2.54. The summed E-state index contributed by atoms with van der Waals surface area (Å²) in [6, 6.07) is 14.1. The van der Waals surface area contributed by atoms with Gasteiger partial charge < -0.3 is 14.9 Å². The number of carbonyl (C=O) groups excluding carboxylic acids is 2. The molecule has 2 aliphatic rings. The van der Waals surface area contributed by atoms with Crippen LogP contribution in [0.25, 0.3) is 11.1 Å². The molecule has 0 unspecified atom stereocenters. The number of hydrogen-bond donors (Lipinski definition) is 1. The molecule has 6 heteroatoms. The van der Waals surface area contributed by atoms with Gasteiger partial charge in [-0.1, -0.05) is 50.2 Å². The van der Waals surface area contributed by atoms with Crippen molar-refractivity contribution in [1.82, 2.24) is 9.80 Å². The van der Waals surface area contributed by atoms with Crippen LogP contribution in [0, 0.1) is 5.82 Å². The van der Waals surface area contributed by atoms with E-state index in [4.69, 9.17) is 0 Å². The largest absolute Gasteiger partial charge is 0.394 e. The van der Waals surface area contributed by atoms with Gasteiger partial charge in [-0.15, -0.1) is 0 Å². The molecule has 2 aromatic rings. The van der Waals surface area contributed by atoms with E-state index in [2.05, 4.69) is 0 Å². The first-order valence-corrected chi connectivity index (χ1v) is 10.5. The van der Waals surface area contributed by atoms with Gasteiger partial charge in [-0.05, 0) is 28.8 Å². The number of aliphatic hydroxyl groups is 1. The summed E-state index contributed by atoms with van der Waals surface area (Å²) in [5.41, 5.74) is 2.51. The lowest BCUT2D eigenvalue weighted by molar-refractivity contribution is -0.202. The molecule has 0 radical (unpaired) electrons. The van der Waals surface area contributed by atoms with Crippen molar-refractivity contribution in [2.45, 2.75) is 44.2 Å². The number of aliphatic hydroxyl groups excluding tert-OH is 1. The fourth-order valence-electron chi connectivity index (χ4n) is 5.12. The maximum atomic E-state index is 13.2. The predicted molar refractivity (Wildman–Crippen MR) is 112 cm³/mol. The molecule has 2 fully saturated rings. The second kappa shape index (κ2) is 7.84. The van der Waals surface area contributed by atoms with Crippen molar-refractivity contribution in [3.63, 3.8) is 0 Å². The van der Waals surface area contributed by atoms with Crippen molar-refractivity contribution in [3.05, 3.63) is 59.9 Å². The van der Waals surface area contributed by atoms with E-state index in [1.165, 1.54) is 12.1 Å². The summed E-state index contributed by atoms with van der Waals surface area (Å²) in [6.07, 6.45) is 0.814. The predicted octanol–water partition coefficient (Wildman–Crippen LogP) is 3.18. The first-order chi connectivity index (χ1) is 14.4. The Morgan fingerprint density at radius 3 is 2.00 bits per heavy atom. The van der Waals surface area contributed by atoms with Crippen LogP contribution in [0.1, 0.15) is 38.2 Å². The first kappa shape index (κ1) is 20.5. The van der Waals surface area contributed by atoms with Gasteiger partial charge in [0.05, 0.1) is 18.2 Å². The Morgan fingerprint density at radius 2 is 1.50 bits per heavy atom. The maximum absolute atomic E-state index is 13.2. The van der Waals surface area contributed by atoms with E-state index in [0.29, 0.717) is 25.9 Å². The van der Waals surface area contributed by atoms with Gasteiger partial charge in [-0.25, -0.2) is 4.39 Å². The fourth-order valence-corrected chi connectivity index (χ4v) is 5.12. The van der Waals surface area contributed by atoms with E-state index in [9.17, 15) is 19.1 Å². The standard InChI is InChI=1S/C24H27FN2O3/c1-3-21(29)26-14-24(15-26)23(20(13-28)27(24)22(30)4-2)18-7-5-16(6-8-18)17-9-11-19(25)12-10-17/h5-12,20,23,28H,3-4,13-15H2,1-2H3/t20-,23-/m0/s1. The number of amides is 2. The minimum absolute atomic E-state index is 0.0110.